The monoisotopic (exact) mass is 272 g/mol. The minimum absolute atomic E-state index is 0.0105. The van der Waals surface area contributed by atoms with Crippen LogP contribution in [0.15, 0.2) is 0 Å². The van der Waals surface area contributed by atoms with Crippen LogP contribution in [0.2, 0.25) is 0 Å². The minimum atomic E-state index is -0.896. The molecule has 19 heavy (non-hydrogen) atoms. The van der Waals surface area contributed by atoms with Crippen LogP contribution in [0, 0.1) is 5.92 Å². The maximum absolute atomic E-state index is 11.9. The molecule has 1 rings (SSSR count). The molecule has 1 aliphatic heterocycles. The van der Waals surface area contributed by atoms with Gasteiger partial charge in [0.1, 0.15) is 0 Å². The third-order valence-corrected chi connectivity index (χ3v) is 3.09. The molecule has 2 unspecified atom stereocenters. The van der Waals surface area contributed by atoms with Crippen molar-refractivity contribution in [2.45, 2.75) is 32.2 Å². The van der Waals surface area contributed by atoms with E-state index in [0.29, 0.717) is 19.5 Å². The summed E-state index contributed by atoms with van der Waals surface area (Å²) in [6.45, 7) is 2.77. The topological polar surface area (TPSA) is 95.9 Å². The highest BCUT2D eigenvalue weighted by Gasteiger charge is 2.28. The van der Waals surface area contributed by atoms with Crippen LogP contribution >= 0.6 is 0 Å². The Bertz CT molecular complexity index is 358. The van der Waals surface area contributed by atoms with Gasteiger partial charge in [0.25, 0.3) is 0 Å². The SMILES string of the molecule is COC(=O)NC1CCN(C(=O)CC(C)CC(=O)O)C1. The van der Waals surface area contributed by atoms with Gasteiger partial charge >= 0.3 is 12.1 Å². The molecule has 0 radical (unpaired) electrons. The van der Waals surface area contributed by atoms with Gasteiger partial charge in [-0.1, -0.05) is 6.92 Å². The van der Waals surface area contributed by atoms with Crippen LogP contribution in [0.3, 0.4) is 0 Å². The van der Waals surface area contributed by atoms with E-state index in [2.05, 4.69) is 10.1 Å². The number of carboxylic acids is 1. The van der Waals surface area contributed by atoms with Crippen molar-refractivity contribution in [2.24, 2.45) is 5.92 Å². The van der Waals surface area contributed by atoms with Crippen molar-refractivity contribution in [3.05, 3.63) is 0 Å². The summed E-state index contributed by atoms with van der Waals surface area (Å²) >= 11 is 0. The number of carbonyl (C=O) groups excluding carboxylic acids is 2. The first-order valence-electron chi connectivity index (χ1n) is 6.26. The summed E-state index contributed by atoms with van der Waals surface area (Å²) in [7, 11) is 1.29. The molecule has 1 fully saturated rings. The maximum atomic E-state index is 11.9. The van der Waals surface area contributed by atoms with E-state index < -0.39 is 12.1 Å². The lowest BCUT2D eigenvalue weighted by Gasteiger charge is -2.18. The van der Waals surface area contributed by atoms with Crippen LogP contribution in [-0.2, 0) is 14.3 Å². The van der Waals surface area contributed by atoms with E-state index in [-0.39, 0.29) is 30.7 Å². The molecule has 0 bridgehead atoms. The van der Waals surface area contributed by atoms with Crippen LogP contribution in [0.1, 0.15) is 26.2 Å². The summed E-state index contributed by atoms with van der Waals surface area (Å²) in [6.07, 6.45) is 0.396. The molecule has 0 aromatic carbocycles. The summed E-state index contributed by atoms with van der Waals surface area (Å²) in [5.74, 6) is -1.15. The Morgan fingerprint density at radius 1 is 1.42 bits per heavy atom. The maximum Gasteiger partial charge on any atom is 0.407 e. The van der Waals surface area contributed by atoms with Crippen LogP contribution in [-0.4, -0.2) is 54.2 Å². The van der Waals surface area contributed by atoms with E-state index >= 15 is 0 Å². The predicted octanol–water partition coefficient (Wildman–Crippen LogP) is 0.444. The number of alkyl carbamates (subject to hydrolysis) is 1. The van der Waals surface area contributed by atoms with Gasteiger partial charge in [0.05, 0.1) is 13.2 Å². The summed E-state index contributed by atoms with van der Waals surface area (Å²) in [6, 6.07) is -0.0915. The van der Waals surface area contributed by atoms with E-state index in [1.165, 1.54) is 7.11 Å². The molecule has 7 nitrogen and oxygen atoms in total. The third-order valence-electron chi connectivity index (χ3n) is 3.09. The molecule has 0 spiro atoms. The molecule has 7 heteroatoms. The summed E-state index contributed by atoms with van der Waals surface area (Å²) in [4.78, 5) is 35.2. The Kier molecular flexibility index (Phi) is 5.59. The Balaban J connectivity index is 2.35. The lowest BCUT2D eigenvalue weighted by molar-refractivity contribution is -0.138. The number of amides is 2. The Hall–Kier alpha value is -1.79. The van der Waals surface area contributed by atoms with Gasteiger partial charge in [0, 0.05) is 25.9 Å². The number of nitrogens with zero attached hydrogens (tertiary/aromatic N) is 1. The second kappa shape index (κ2) is 6.96. The molecule has 0 aliphatic carbocycles. The number of hydrogen-bond donors (Lipinski definition) is 2. The highest BCUT2D eigenvalue weighted by atomic mass is 16.5. The molecular weight excluding hydrogens is 252 g/mol. The number of carbonyl (C=O) groups is 3. The zero-order chi connectivity index (χ0) is 14.4. The fourth-order valence-corrected chi connectivity index (χ4v) is 2.13. The Morgan fingerprint density at radius 3 is 2.68 bits per heavy atom. The van der Waals surface area contributed by atoms with E-state index in [9.17, 15) is 14.4 Å². The largest absolute Gasteiger partial charge is 0.481 e. The van der Waals surface area contributed by atoms with Gasteiger partial charge in [-0.25, -0.2) is 4.79 Å². The first-order valence-corrected chi connectivity index (χ1v) is 6.26. The molecule has 2 N–H and O–H groups in total. The first kappa shape index (κ1) is 15.3. The van der Waals surface area contributed by atoms with Gasteiger partial charge in [-0.3, -0.25) is 9.59 Å². The molecule has 0 aromatic heterocycles. The lowest BCUT2D eigenvalue weighted by Crippen LogP contribution is -2.38. The highest BCUT2D eigenvalue weighted by molar-refractivity contribution is 5.78. The quantitative estimate of drug-likeness (QED) is 0.757. The van der Waals surface area contributed by atoms with E-state index in [1.54, 1.807) is 11.8 Å². The molecule has 0 saturated carbocycles. The van der Waals surface area contributed by atoms with Gasteiger partial charge in [-0.05, 0) is 12.3 Å². The lowest BCUT2D eigenvalue weighted by atomic mass is 10.0. The van der Waals surface area contributed by atoms with Gasteiger partial charge in [-0.2, -0.15) is 0 Å². The number of methoxy groups -OCH3 is 1. The van der Waals surface area contributed by atoms with Crippen LogP contribution < -0.4 is 5.32 Å². The number of nitrogens with one attached hydrogen (secondary N) is 1. The molecule has 1 heterocycles. The van der Waals surface area contributed by atoms with Gasteiger partial charge in [-0.15, -0.1) is 0 Å². The van der Waals surface area contributed by atoms with Gasteiger partial charge < -0.3 is 20.1 Å². The van der Waals surface area contributed by atoms with E-state index in [1.807, 2.05) is 0 Å². The van der Waals surface area contributed by atoms with Crippen molar-refractivity contribution in [2.75, 3.05) is 20.2 Å². The summed E-state index contributed by atoms with van der Waals surface area (Å²) < 4.78 is 4.50. The van der Waals surface area contributed by atoms with Crippen molar-refractivity contribution >= 4 is 18.0 Å². The van der Waals surface area contributed by atoms with Crippen molar-refractivity contribution < 1.29 is 24.2 Å². The Morgan fingerprint density at radius 2 is 2.11 bits per heavy atom. The number of hydrogen-bond acceptors (Lipinski definition) is 4. The van der Waals surface area contributed by atoms with E-state index in [4.69, 9.17) is 5.11 Å². The van der Waals surface area contributed by atoms with Crippen molar-refractivity contribution in [1.82, 2.24) is 10.2 Å². The highest BCUT2D eigenvalue weighted by Crippen LogP contribution is 2.15. The fraction of sp³-hybridized carbons (Fsp3) is 0.750. The average Bonchev–Trinajstić information content (AvgIpc) is 2.76. The second-order valence-corrected chi connectivity index (χ2v) is 4.87. The summed E-state index contributed by atoms with van der Waals surface area (Å²) in [5.41, 5.74) is 0. The van der Waals surface area contributed by atoms with Crippen LogP contribution in [0.5, 0.6) is 0 Å². The average molecular weight is 272 g/mol. The number of carboxylic acid groups (broad SMARTS) is 1. The number of aliphatic carboxylic acids is 1. The van der Waals surface area contributed by atoms with Crippen molar-refractivity contribution in [1.29, 1.82) is 0 Å². The first-order chi connectivity index (χ1) is 8.92. The van der Waals surface area contributed by atoms with Gasteiger partial charge in [0.2, 0.25) is 5.91 Å². The summed E-state index contributed by atoms with van der Waals surface area (Å²) in [5, 5.41) is 11.3. The zero-order valence-corrected chi connectivity index (χ0v) is 11.2. The molecule has 108 valence electrons. The standard InChI is InChI=1S/C12H20N2O5/c1-8(6-11(16)17)5-10(15)14-4-3-9(7-14)13-12(18)19-2/h8-9H,3-7H2,1-2H3,(H,13,18)(H,16,17). The molecule has 2 amide bonds. The molecule has 0 aromatic rings. The minimum Gasteiger partial charge on any atom is -0.481 e. The zero-order valence-electron chi connectivity index (χ0n) is 11.2. The second-order valence-electron chi connectivity index (χ2n) is 4.87. The van der Waals surface area contributed by atoms with Crippen molar-refractivity contribution in [3.63, 3.8) is 0 Å². The Labute approximate surface area is 111 Å². The van der Waals surface area contributed by atoms with Crippen LogP contribution in [0.4, 0.5) is 4.79 Å². The van der Waals surface area contributed by atoms with Gasteiger partial charge in [0.15, 0.2) is 0 Å². The normalized spacial score (nSPS) is 19.9. The fourth-order valence-electron chi connectivity index (χ4n) is 2.13. The molecule has 1 aliphatic rings. The smallest absolute Gasteiger partial charge is 0.407 e. The molecule has 1 saturated heterocycles. The number of likely N-dealkylation sites (tertiary alicyclic amines) is 1. The van der Waals surface area contributed by atoms with Crippen molar-refractivity contribution in [3.8, 4) is 0 Å². The number of rotatable bonds is 5. The number of ether oxygens (including phenoxy) is 1. The molecular formula is C12H20N2O5. The molecule has 2 atom stereocenters. The third kappa shape index (κ3) is 5.15. The predicted molar refractivity (Wildman–Crippen MR) is 66.6 cm³/mol. The van der Waals surface area contributed by atoms with E-state index in [0.717, 1.165) is 0 Å². The van der Waals surface area contributed by atoms with Crippen LogP contribution in [0.25, 0.3) is 0 Å².